The van der Waals surface area contributed by atoms with Crippen LogP contribution in [0.1, 0.15) is 0 Å². The quantitative estimate of drug-likeness (QED) is 0.793. The summed E-state index contributed by atoms with van der Waals surface area (Å²) >= 11 is 0. The zero-order chi connectivity index (χ0) is 11.7. The Balaban J connectivity index is 2.13. The number of nitrogen functional groups attached to an aromatic ring is 1. The van der Waals surface area contributed by atoms with E-state index in [1.54, 1.807) is 6.20 Å². The first kappa shape index (κ1) is 10.3. The molecule has 0 spiro atoms. The number of ether oxygens (including phenoxy) is 1. The van der Waals surface area contributed by atoms with Crippen molar-refractivity contribution in [3.05, 3.63) is 24.4 Å². The molecule has 17 heavy (non-hydrogen) atoms. The zero-order valence-corrected chi connectivity index (χ0v) is 9.47. The van der Waals surface area contributed by atoms with E-state index in [0.29, 0.717) is 5.82 Å². The third-order valence-corrected chi connectivity index (χ3v) is 2.90. The average molecular weight is 230 g/mol. The van der Waals surface area contributed by atoms with Crippen LogP contribution in [0.4, 0.5) is 11.6 Å². The highest BCUT2D eigenvalue weighted by atomic mass is 16.5. The predicted octanol–water partition coefficient (Wildman–Crippen LogP) is 1.05. The fraction of sp³-hybridized carbons (Fsp3) is 0.333. The summed E-state index contributed by atoms with van der Waals surface area (Å²) in [6.45, 7) is 3.12. The molecule has 0 bridgehead atoms. The Hall–Kier alpha value is -1.88. The summed E-state index contributed by atoms with van der Waals surface area (Å²) < 4.78 is 5.34. The van der Waals surface area contributed by atoms with Crippen molar-refractivity contribution in [3.8, 4) is 0 Å². The summed E-state index contributed by atoms with van der Waals surface area (Å²) in [5.74, 6) is 1.40. The van der Waals surface area contributed by atoms with E-state index in [1.165, 1.54) is 0 Å². The lowest BCUT2D eigenvalue weighted by atomic mass is 10.2. The Labute approximate surface area is 99.2 Å². The van der Waals surface area contributed by atoms with Gasteiger partial charge < -0.3 is 15.4 Å². The average Bonchev–Trinajstić information content (AvgIpc) is 2.39. The number of rotatable bonds is 1. The van der Waals surface area contributed by atoms with E-state index in [4.69, 9.17) is 10.5 Å². The van der Waals surface area contributed by atoms with Crippen LogP contribution in [0.5, 0.6) is 0 Å². The fourth-order valence-electron chi connectivity index (χ4n) is 2.08. The lowest BCUT2D eigenvalue weighted by molar-refractivity contribution is 0.122. The van der Waals surface area contributed by atoms with Crippen molar-refractivity contribution in [2.24, 2.45) is 0 Å². The summed E-state index contributed by atoms with van der Waals surface area (Å²) in [5, 5.41) is 1.03. The van der Waals surface area contributed by atoms with E-state index in [-0.39, 0.29) is 0 Å². The Morgan fingerprint density at radius 2 is 2.12 bits per heavy atom. The third-order valence-electron chi connectivity index (χ3n) is 2.90. The SMILES string of the molecule is Nc1cc2cccnc2c(N2CCOCC2)n1. The number of anilines is 2. The lowest BCUT2D eigenvalue weighted by Gasteiger charge is -2.28. The second kappa shape index (κ2) is 4.18. The number of hydrogen-bond acceptors (Lipinski definition) is 5. The highest BCUT2D eigenvalue weighted by Gasteiger charge is 2.16. The Kier molecular flexibility index (Phi) is 2.53. The minimum Gasteiger partial charge on any atom is -0.384 e. The molecular weight excluding hydrogens is 216 g/mol. The van der Waals surface area contributed by atoms with Crippen LogP contribution in [0.25, 0.3) is 10.9 Å². The van der Waals surface area contributed by atoms with Crippen LogP contribution < -0.4 is 10.6 Å². The first-order valence-electron chi connectivity index (χ1n) is 5.68. The van der Waals surface area contributed by atoms with Gasteiger partial charge in [0, 0.05) is 24.7 Å². The lowest BCUT2D eigenvalue weighted by Crippen LogP contribution is -2.37. The highest BCUT2D eigenvalue weighted by molar-refractivity contribution is 5.90. The van der Waals surface area contributed by atoms with Gasteiger partial charge in [-0.1, -0.05) is 6.07 Å². The van der Waals surface area contributed by atoms with Gasteiger partial charge in [0.15, 0.2) is 5.82 Å². The monoisotopic (exact) mass is 230 g/mol. The van der Waals surface area contributed by atoms with Gasteiger partial charge in [0.05, 0.1) is 13.2 Å². The fourth-order valence-corrected chi connectivity index (χ4v) is 2.08. The van der Waals surface area contributed by atoms with Gasteiger partial charge in [-0.05, 0) is 12.1 Å². The molecule has 1 aliphatic heterocycles. The molecule has 5 nitrogen and oxygen atoms in total. The van der Waals surface area contributed by atoms with Crippen LogP contribution in [-0.2, 0) is 4.74 Å². The molecule has 5 heteroatoms. The first-order valence-corrected chi connectivity index (χ1v) is 5.68. The van der Waals surface area contributed by atoms with Crippen LogP contribution in [0.15, 0.2) is 24.4 Å². The van der Waals surface area contributed by atoms with Crippen LogP contribution >= 0.6 is 0 Å². The van der Waals surface area contributed by atoms with E-state index in [2.05, 4.69) is 14.9 Å². The molecule has 1 saturated heterocycles. The van der Waals surface area contributed by atoms with Crippen molar-refractivity contribution in [1.29, 1.82) is 0 Å². The van der Waals surface area contributed by atoms with Crippen LogP contribution in [0.2, 0.25) is 0 Å². The number of nitrogens with two attached hydrogens (primary N) is 1. The molecule has 1 aliphatic rings. The van der Waals surface area contributed by atoms with Gasteiger partial charge in [-0.2, -0.15) is 0 Å². The molecule has 88 valence electrons. The smallest absolute Gasteiger partial charge is 0.157 e. The van der Waals surface area contributed by atoms with Crippen LogP contribution in [0.3, 0.4) is 0 Å². The standard InChI is InChI=1S/C12H14N4O/c13-10-8-9-2-1-3-14-11(9)12(15-10)16-4-6-17-7-5-16/h1-3,8H,4-7H2,(H2,13,15). The Morgan fingerprint density at radius 3 is 2.94 bits per heavy atom. The number of hydrogen-bond donors (Lipinski definition) is 1. The molecule has 2 aromatic rings. The number of aromatic nitrogens is 2. The van der Waals surface area contributed by atoms with Gasteiger partial charge in [0.2, 0.25) is 0 Å². The minimum absolute atomic E-state index is 0.534. The van der Waals surface area contributed by atoms with Crippen LogP contribution in [0, 0.1) is 0 Å². The van der Waals surface area contributed by atoms with Crippen molar-refractivity contribution in [1.82, 2.24) is 9.97 Å². The van der Waals surface area contributed by atoms with Gasteiger partial charge >= 0.3 is 0 Å². The topological polar surface area (TPSA) is 64.3 Å². The Morgan fingerprint density at radius 1 is 1.29 bits per heavy atom. The van der Waals surface area contributed by atoms with E-state index >= 15 is 0 Å². The van der Waals surface area contributed by atoms with Gasteiger partial charge in [-0.3, -0.25) is 4.98 Å². The molecule has 0 atom stereocenters. The molecule has 0 saturated carbocycles. The van der Waals surface area contributed by atoms with E-state index in [9.17, 15) is 0 Å². The van der Waals surface area contributed by atoms with E-state index in [1.807, 2.05) is 18.2 Å². The number of morpholine rings is 1. The predicted molar refractivity (Wildman–Crippen MR) is 67.0 cm³/mol. The molecule has 2 N–H and O–H groups in total. The van der Waals surface area contributed by atoms with Crippen molar-refractivity contribution in [3.63, 3.8) is 0 Å². The summed E-state index contributed by atoms with van der Waals surface area (Å²) in [5.41, 5.74) is 6.74. The second-order valence-corrected chi connectivity index (χ2v) is 4.05. The van der Waals surface area contributed by atoms with Crippen molar-refractivity contribution >= 4 is 22.5 Å². The normalized spacial score (nSPS) is 16.4. The van der Waals surface area contributed by atoms with Crippen molar-refractivity contribution in [2.75, 3.05) is 36.9 Å². The molecule has 0 amide bonds. The van der Waals surface area contributed by atoms with Gasteiger partial charge in [-0.25, -0.2) is 4.98 Å². The summed E-state index contributed by atoms with van der Waals surface area (Å²) in [6.07, 6.45) is 1.78. The summed E-state index contributed by atoms with van der Waals surface area (Å²) in [6, 6.07) is 5.77. The molecule has 2 aromatic heterocycles. The molecule has 3 rings (SSSR count). The summed E-state index contributed by atoms with van der Waals surface area (Å²) in [4.78, 5) is 11.0. The maximum absolute atomic E-state index is 5.83. The molecule has 0 aromatic carbocycles. The molecule has 0 radical (unpaired) electrons. The molecule has 1 fully saturated rings. The van der Waals surface area contributed by atoms with Crippen LogP contribution in [-0.4, -0.2) is 36.3 Å². The van der Waals surface area contributed by atoms with Crippen molar-refractivity contribution < 1.29 is 4.74 Å². The molecule has 0 aliphatic carbocycles. The summed E-state index contributed by atoms with van der Waals surface area (Å²) in [7, 11) is 0. The van der Waals surface area contributed by atoms with Gasteiger partial charge in [0.25, 0.3) is 0 Å². The Bertz CT molecular complexity index is 537. The third kappa shape index (κ3) is 1.89. The zero-order valence-electron chi connectivity index (χ0n) is 9.47. The van der Waals surface area contributed by atoms with E-state index < -0.39 is 0 Å². The molecule has 0 unspecified atom stereocenters. The maximum atomic E-state index is 5.83. The first-order chi connectivity index (χ1) is 8.34. The number of pyridine rings is 2. The second-order valence-electron chi connectivity index (χ2n) is 4.05. The molecular formula is C12H14N4O. The highest BCUT2D eigenvalue weighted by Crippen LogP contribution is 2.25. The maximum Gasteiger partial charge on any atom is 0.157 e. The van der Waals surface area contributed by atoms with Gasteiger partial charge in [0.1, 0.15) is 11.3 Å². The number of nitrogens with zero attached hydrogens (tertiary/aromatic N) is 3. The van der Waals surface area contributed by atoms with Crippen molar-refractivity contribution in [2.45, 2.75) is 0 Å². The minimum atomic E-state index is 0.534. The van der Waals surface area contributed by atoms with E-state index in [0.717, 1.165) is 43.0 Å². The molecule has 3 heterocycles. The van der Waals surface area contributed by atoms with Gasteiger partial charge in [-0.15, -0.1) is 0 Å². The number of fused-ring (bicyclic) bond motifs is 1. The largest absolute Gasteiger partial charge is 0.384 e.